The van der Waals surface area contributed by atoms with Crippen LogP contribution in [0.25, 0.3) is 0 Å². The maximum absolute atomic E-state index is 9.00. The molecular weight excluding hydrogens is 144 g/mol. The highest BCUT2D eigenvalue weighted by atomic mass is 16.4. The minimum Gasteiger partial charge on any atom is -0.481 e. The van der Waals surface area contributed by atoms with Crippen LogP contribution in [-0.2, 0) is 4.79 Å². The lowest BCUT2D eigenvalue weighted by molar-refractivity contribution is -0.134. The van der Waals surface area contributed by atoms with E-state index in [1.807, 2.05) is 18.2 Å². The summed E-state index contributed by atoms with van der Waals surface area (Å²) in [4.78, 5) is 9.00. The van der Waals surface area contributed by atoms with E-state index in [-0.39, 0.29) is 0 Å². The molecule has 0 radical (unpaired) electrons. The Morgan fingerprint density at radius 3 is 2.73 bits per heavy atom. The van der Waals surface area contributed by atoms with Crippen molar-refractivity contribution in [1.29, 1.82) is 0 Å². The highest BCUT2D eigenvalue weighted by Crippen LogP contribution is 1.76. The summed E-state index contributed by atoms with van der Waals surface area (Å²) in [6.45, 7) is 1.08. The van der Waals surface area contributed by atoms with Crippen LogP contribution < -0.4 is 5.43 Å². The molecular formula is C7H10N2O2. The lowest BCUT2D eigenvalue weighted by Gasteiger charge is -1.78. The van der Waals surface area contributed by atoms with E-state index in [4.69, 9.17) is 9.90 Å². The molecule has 11 heavy (non-hydrogen) atoms. The molecule has 0 atom stereocenters. The third-order valence-corrected chi connectivity index (χ3v) is 0.628. The first kappa shape index (κ1) is 9.42. The van der Waals surface area contributed by atoms with E-state index in [9.17, 15) is 0 Å². The molecule has 1 rings (SSSR count). The summed E-state index contributed by atoms with van der Waals surface area (Å²) in [6.07, 6.45) is 9.10. The molecule has 0 fully saturated rings. The van der Waals surface area contributed by atoms with Crippen molar-refractivity contribution in [3.63, 3.8) is 0 Å². The Labute approximate surface area is 64.9 Å². The number of carboxylic acid groups (broad SMARTS) is 1. The van der Waals surface area contributed by atoms with Gasteiger partial charge in [-0.15, -0.1) is 0 Å². The maximum atomic E-state index is 9.00. The topological polar surface area (TPSA) is 61.7 Å². The van der Waals surface area contributed by atoms with Gasteiger partial charge in [0.25, 0.3) is 5.97 Å². The fourth-order valence-electron chi connectivity index (χ4n) is 0.342. The van der Waals surface area contributed by atoms with Gasteiger partial charge in [0.2, 0.25) is 0 Å². The van der Waals surface area contributed by atoms with Gasteiger partial charge < -0.3 is 5.11 Å². The largest absolute Gasteiger partial charge is 0.481 e. The fourth-order valence-corrected chi connectivity index (χ4v) is 0.342. The zero-order valence-electron chi connectivity index (χ0n) is 6.19. The van der Waals surface area contributed by atoms with Gasteiger partial charge in [0, 0.05) is 19.3 Å². The second-order valence-electron chi connectivity index (χ2n) is 1.67. The van der Waals surface area contributed by atoms with Crippen molar-refractivity contribution >= 4 is 12.2 Å². The van der Waals surface area contributed by atoms with Gasteiger partial charge in [-0.3, -0.25) is 10.2 Å². The van der Waals surface area contributed by atoms with Crippen LogP contribution in [0.5, 0.6) is 0 Å². The third-order valence-electron chi connectivity index (χ3n) is 0.628. The van der Waals surface area contributed by atoms with E-state index in [1.165, 1.54) is 0 Å². The molecule has 60 valence electrons. The van der Waals surface area contributed by atoms with Crippen molar-refractivity contribution in [2.45, 2.75) is 6.92 Å². The summed E-state index contributed by atoms with van der Waals surface area (Å²) < 4.78 is 0. The predicted octanol–water partition coefficient (Wildman–Crippen LogP) is 0.736. The Morgan fingerprint density at radius 1 is 1.45 bits per heavy atom. The van der Waals surface area contributed by atoms with E-state index < -0.39 is 5.97 Å². The van der Waals surface area contributed by atoms with Crippen LogP contribution in [0.2, 0.25) is 0 Å². The average Bonchev–Trinajstić information content (AvgIpc) is 2.13. The molecule has 0 saturated carbocycles. The Balaban J connectivity index is 0.000000218. The SMILES string of the molecule is C1=CC=NNC=C1.CC(=O)O. The monoisotopic (exact) mass is 154 g/mol. The molecule has 0 aromatic carbocycles. The highest BCUT2D eigenvalue weighted by molar-refractivity contribution is 5.71. The second kappa shape index (κ2) is 6.54. The number of nitrogens with one attached hydrogen (secondary N) is 1. The first-order valence-corrected chi connectivity index (χ1v) is 3.03. The van der Waals surface area contributed by atoms with Crippen LogP contribution in [0, 0.1) is 0 Å². The van der Waals surface area contributed by atoms with Crippen molar-refractivity contribution < 1.29 is 9.90 Å². The lowest BCUT2D eigenvalue weighted by atomic mass is 10.5. The predicted molar refractivity (Wildman–Crippen MR) is 43.2 cm³/mol. The molecule has 0 saturated heterocycles. The summed E-state index contributed by atoms with van der Waals surface area (Å²) in [5.41, 5.74) is 2.67. The summed E-state index contributed by atoms with van der Waals surface area (Å²) in [5, 5.41) is 11.1. The molecule has 0 unspecified atom stereocenters. The van der Waals surface area contributed by atoms with Gasteiger partial charge in [0.1, 0.15) is 0 Å². The van der Waals surface area contributed by atoms with Crippen LogP contribution in [0.1, 0.15) is 6.92 Å². The van der Waals surface area contributed by atoms with E-state index >= 15 is 0 Å². The fraction of sp³-hybridized carbons (Fsp3) is 0.143. The summed E-state index contributed by atoms with van der Waals surface area (Å²) in [6, 6.07) is 0. The van der Waals surface area contributed by atoms with E-state index in [0.29, 0.717) is 0 Å². The number of carboxylic acids is 1. The van der Waals surface area contributed by atoms with Crippen LogP contribution in [0.15, 0.2) is 29.5 Å². The normalized spacial score (nSPS) is 12.5. The zero-order chi connectivity index (χ0) is 8.53. The minimum atomic E-state index is -0.833. The van der Waals surface area contributed by atoms with E-state index in [0.717, 1.165) is 6.92 Å². The molecule has 4 heteroatoms. The molecule has 0 aromatic rings. The van der Waals surface area contributed by atoms with Gasteiger partial charge in [0.05, 0.1) is 0 Å². The van der Waals surface area contributed by atoms with Crippen molar-refractivity contribution in [3.05, 3.63) is 24.4 Å². The van der Waals surface area contributed by atoms with Gasteiger partial charge in [-0.25, -0.2) is 0 Å². The molecule has 1 aliphatic heterocycles. The summed E-state index contributed by atoms with van der Waals surface area (Å²) in [7, 11) is 0. The molecule has 0 spiro atoms. The Hall–Kier alpha value is -1.58. The maximum Gasteiger partial charge on any atom is 0.300 e. The first-order valence-electron chi connectivity index (χ1n) is 3.03. The lowest BCUT2D eigenvalue weighted by Crippen LogP contribution is -1.89. The van der Waals surface area contributed by atoms with Gasteiger partial charge >= 0.3 is 0 Å². The summed E-state index contributed by atoms with van der Waals surface area (Å²) in [5.74, 6) is -0.833. The third kappa shape index (κ3) is 11.8. The average molecular weight is 154 g/mol. The number of carbonyl (C=O) groups is 1. The molecule has 0 aromatic heterocycles. The zero-order valence-corrected chi connectivity index (χ0v) is 6.19. The Bertz CT molecular complexity index is 177. The molecule has 2 N–H and O–H groups in total. The minimum absolute atomic E-state index is 0.833. The number of hydrogen-bond acceptors (Lipinski definition) is 3. The number of rotatable bonds is 0. The number of aliphatic carboxylic acids is 1. The number of nitrogens with zero attached hydrogens (tertiary/aromatic N) is 1. The van der Waals surface area contributed by atoms with Gasteiger partial charge in [-0.2, -0.15) is 5.10 Å². The molecule has 0 amide bonds. The number of allylic oxidation sites excluding steroid dienone is 3. The smallest absolute Gasteiger partial charge is 0.300 e. The second-order valence-corrected chi connectivity index (χ2v) is 1.67. The van der Waals surface area contributed by atoms with Crippen LogP contribution >= 0.6 is 0 Å². The standard InChI is InChI=1S/C5H6N2.C2H4O2/c1-2-4-6-7-5-3-1;1-2(3)4/h1-6H;1H3,(H,3,4). The van der Waals surface area contributed by atoms with Crippen molar-refractivity contribution in [3.8, 4) is 0 Å². The molecule has 0 aliphatic carbocycles. The van der Waals surface area contributed by atoms with Gasteiger partial charge in [-0.1, -0.05) is 6.08 Å². The van der Waals surface area contributed by atoms with Crippen molar-refractivity contribution in [2.75, 3.05) is 0 Å². The summed E-state index contributed by atoms with van der Waals surface area (Å²) >= 11 is 0. The van der Waals surface area contributed by atoms with Crippen LogP contribution in [0.4, 0.5) is 0 Å². The molecule has 4 nitrogen and oxygen atoms in total. The van der Waals surface area contributed by atoms with Crippen LogP contribution in [0.3, 0.4) is 0 Å². The number of hydrazone groups is 1. The van der Waals surface area contributed by atoms with E-state index in [2.05, 4.69) is 10.5 Å². The quantitative estimate of drug-likeness (QED) is 0.540. The van der Waals surface area contributed by atoms with Gasteiger partial charge in [0.15, 0.2) is 0 Å². The molecule has 1 heterocycles. The highest BCUT2D eigenvalue weighted by Gasteiger charge is 1.68. The van der Waals surface area contributed by atoms with Crippen molar-refractivity contribution in [2.24, 2.45) is 5.10 Å². The number of hydrogen-bond donors (Lipinski definition) is 2. The van der Waals surface area contributed by atoms with Crippen molar-refractivity contribution in [1.82, 2.24) is 5.43 Å². The first-order chi connectivity index (χ1) is 5.23. The Morgan fingerprint density at radius 2 is 2.09 bits per heavy atom. The Kier molecular flexibility index (Phi) is 5.60. The van der Waals surface area contributed by atoms with Gasteiger partial charge in [-0.05, 0) is 12.2 Å². The van der Waals surface area contributed by atoms with E-state index in [1.54, 1.807) is 12.4 Å². The molecule has 0 bridgehead atoms. The van der Waals surface area contributed by atoms with Crippen LogP contribution in [-0.4, -0.2) is 17.3 Å². The molecule has 1 aliphatic rings.